The van der Waals surface area contributed by atoms with Crippen LogP contribution < -0.4 is 10.1 Å². The van der Waals surface area contributed by atoms with Crippen LogP contribution in [0.15, 0.2) is 12.1 Å². The second-order valence-corrected chi connectivity index (χ2v) is 6.81. The van der Waals surface area contributed by atoms with E-state index in [1.807, 2.05) is 6.07 Å². The average Bonchev–Trinajstić information content (AvgIpc) is 2.39. The summed E-state index contributed by atoms with van der Waals surface area (Å²) in [5.74, 6) is 1.82. The Balaban J connectivity index is 2.90. The third-order valence-corrected chi connectivity index (χ3v) is 4.04. The maximum atomic E-state index is 6.33. The van der Waals surface area contributed by atoms with Crippen LogP contribution in [0.4, 0.5) is 0 Å². The van der Waals surface area contributed by atoms with Crippen molar-refractivity contribution in [2.24, 2.45) is 5.92 Å². The molecule has 0 bridgehead atoms. The highest BCUT2D eigenvalue weighted by Gasteiger charge is 2.17. The molecule has 0 fully saturated rings. The topological polar surface area (TPSA) is 21.3 Å². The molecule has 1 aromatic rings. The summed E-state index contributed by atoms with van der Waals surface area (Å²) < 4.78 is 6.28. The van der Waals surface area contributed by atoms with E-state index in [0.29, 0.717) is 11.8 Å². The third-order valence-electron chi connectivity index (χ3n) is 3.71. The van der Waals surface area contributed by atoms with E-state index in [0.717, 1.165) is 41.4 Å². The lowest BCUT2D eigenvalue weighted by Gasteiger charge is -2.25. The number of benzene rings is 1. The van der Waals surface area contributed by atoms with Crippen LogP contribution in [0.3, 0.4) is 0 Å². The van der Waals surface area contributed by atoms with Crippen LogP contribution in [0.5, 0.6) is 5.75 Å². The van der Waals surface area contributed by atoms with Crippen molar-refractivity contribution in [3.63, 3.8) is 0 Å². The van der Waals surface area contributed by atoms with Crippen molar-refractivity contribution >= 4 is 11.6 Å². The lowest BCUT2D eigenvalue weighted by molar-refractivity contribution is 0.148. The Hall–Kier alpha value is -0.730. The fourth-order valence-electron chi connectivity index (χ4n) is 2.24. The highest BCUT2D eigenvalue weighted by molar-refractivity contribution is 6.31. The van der Waals surface area contributed by atoms with E-state index < -0.39 is 0 Å². The minimum atomic E-state index is 0.177. The fraction of sp³-hybridized carbons (Fsp3) is 0.667. The maximum absolute atomic E-state index is 6.33. The van der Waals surface area contributed by atoms with Gasteiger partial charge in [-0.2, -0.15) is 0 Å². The number of halogens is 1. The molecule has 2 nitrogen and oxygen atoms in total. The molecule has 0 aromatic heterocycles. The van der Waals surface area contributed by atoms with Crippen LogP contribution in [-0.2, 0) is 0 Å². The molecular weight excluding hydrogens is 282 g/mol. The zero-order valence-electron chi connectivity index (χ0n) is 14.3. The van der Waals surface area contributed by atoms with Gasteiger partial charge in [0, 0.05) is 11.6 Å². The molecule has 21 heavy (non-hydrogen) atoms. The number of aryl methyl sites for hydroxylation is 1. The first-order valence-electron chi connectivity index (χ1n) is 8.04. The number of hydrogen-bond acceptors (Lipinski definition) is 2. The summed E-state index contributed by atoms with van der Waals surface area (Å²) in [4.78, 5) is 0. The van der Waals surface area contributed by atoms with Gasteiger partial charge in [0.1, 0.15) is 11.9 Å². The summed E-state index contributed by atoms with van der Waals surface area (Å²) in [6, 6.07) is 4.13. The molecule has 120 valence electrons. The lowest BCUT2D eigenvalue weighted by atomic mass is 10.0. The van der Waals surface area contributed by atoms with Gasteiger partial charge in [-0.25, -0.2) is 0 Å². The van der Waals surface area contributed by atoms with Gasteiger partial charge in [-0.15, -0.1) is 0 Å². The number of ether oxygens (including phenoxy) is 1. The van der Waals surface area contributed by atoms with Gasteiger partial charge in [0.2, 0.25) is 0 Å². The van der Waals surface area contributed by atoms with Crippen LogP contribution >= 0.6 is 11.6 Å². The van der Waals surface area contributed by atoms with E-state index in [9.17, 15) is 0 Å². The Kier molecular flexibility index (Phi) is 7.55. The maximum Gasteiger partial charge on any atom is 0.123 e. The van der Waals surface area contributed by atoms with Crippen LogP contribution in [0.25, 0.3) is 0 Å². The molecule has 0 saturated carbocycles. The van der Waals surface area contributed by atoms with Gasteiger partial charge in [0.25, 0.3) is 0 Å². The smallest absolute Gasteiger partial charge is 0.123 e. The Morgan fingerprint density at radius 3 is 2.38 bits per heavy atom. The molecule has 0 aliphatic heterocycles. The Morgan fingerprint density at radius 2 is 1.86 bits per heavy atom. The van der Waals surface area contributed by atoms with Crippen molar-refractivity contribution < 1.29 is 4.74 Å². The lowest BCUT2D eigenvalue weighted by Crippen LogP contribution is -2.36. The van der Waals surface area contributed by atoms with Crippen LogP contribution in [0.2, 0.25) is 5.02 Å². The van der Waals surface area contributed by atoms with E-state index in [1.54, 1.807) is 0 Å². The molecule has 1 rings (SSSR count). The Labute approximate surface area is 135 Å². The molecule has 0 spiro atoms. The van der Waals surface area contributed by atoms with Gasteiger partial charge in [-0.3, -0.25) is 0 Å². The Morgan fingerprint density at radius 1 is 1.19 bits per heavy atom. The van der Waals surface area contributed by atoms with Crippen LogP contribution in [-0.4, -0.2) is 19.2 Å². The first-order valence-corrected chi connectivity index (χ1v) is 8.42. The van der Waals surface area contributed by atoms with Crippen molar-refractivity contribution in [3.8, 4) is 5.75 Å². The second-order valence-electron chi connectivity index (χ2n) is 6.40. The largest absolute Gasteiger partial charge is 0.489 e. The molecule has 0 saturated heterocycles. The molecule has 0 radical (unpaired) electrons. The number of hydrogen-bond donors (Lipinski definition) is 1. The second kappa shape index (κ2) is 8.65. The van der Waals surface area contributed by atoms with E-state index in [2.05, 4.69) is 52.9 Å². The van der Waals surface area contributed by atoms with Crippen molar-refractivity contribution in [2.75, 3.05) is 13.1 Å². The molecule has 0 heterocycles. The summed E-state index contributed by atoms with van der Waals surface area (Å²) in [6.45, 7) is 14.9. The predicted molar refractivity (Wildman–Crippen MR) is 92.7 cm³/mol. The minimum Gasteiger partial charge on any atom is -0.489 e. The summed E-state index contributed by atoms with van der Waals surface area (Å²) in [7, 11) is 0. The zero-order chi connectivity index (χ0) is 16.0. The molecule has 1 unspecified atom stereocenters. The van der Waals surface area contributed by atoms with E-state index >= 15 is 0 Å². The van der Waals surface area contributed by atoms with Gasteiger partial charge in [-0.1, -0.05) is 46.2 Å². The van der Waals surface area contributed by atoms with Crippen molar-refractivity contribution in [1.82, 2.24) is 5.32 Å². The first-order chi connectivity index (χ1) is 9.86. The standard InChI is InChI=1S/C18H30ClNO/c1-7-8-20-11-18(13(4)5)21-17-10-15(12(2)3)16(19)9-14(17)6/h9-10,12-13,18,20H,7-8,11H2,1-6H3. The van der Waals surface area contributed by atoms with Crippen molar-refractivity contribution in [3.05, 3.63) is 28.3 Å². The van der Waals surface area contributed by atoms with Gasteiger partial charge in [-0.05, 0) is 55.0 Å². The van der Waals surface area contributed by atoms with Gasteiger partial charge in [0.05, 0.1) is 0 Å². The van der Waals surface area contributed by atoms with E-state index in [-0.39, 0.29) is 6.10 Å². The Bertz CT molecular complexity index is 443. The molecule has 0 amide bonds. The fourth-order valence-corrected chi connectivity index (χ4v) is 2.67. The molecule has 0 aliphatic rings. The quantitative estimate of drug-likeness (QED) is 0.668. The predicted octanol–water partition coefficient (Wildman–Crippen LogP) is 5.17. The molecule has 1 atom stereocenters. The molecule has 1 aromatic carbocycles. The van der Waals surface area contributed by atoms with Crippen molar-refractivity contribution in [2.45, 2.75) is 60.0 Å². The summed E-state index contributed by atoms with van der Waals surface area (Å²) in [6.07, 6.45) is 1.32. The normalized spacial score (nSPS) is 13.0. The average molecular weight is 312 g/mol. The number of nitrogens with one attached hydrogen (secondary N) is 1. The van der Waals surface area contributed by atoms with Gasteiger partial charge >= 0.3 is 0 Å². The highest BCUT2D eigenvalue weighted by Crippen LogP contribution is 2.32. The van der Waals surface area contributed by atoms with Gasteiger partial charge < -0.3 is 10.1 Å². The summed E-state index contributed by atoms with van der Waals surface area (Å²) in [5, 5.41) is 4.29. The van der Waals surface area contributed by atoms with E-state index in [4.69, 9.17) is 16.3 Å². The monoisotopic (exact) mass is 311 g/mol. The van der Waals surface area contributed by atoms with Crippen LogP contribution in [0.1, 0.15) is 58.1 Å². The minimum absolute atomic E-state index is 0.177. The molecule has 0 aliphatic carbocycles. The zero-order valence-corrected chi connectivity index (χ0v) is 15.1. The SMILES string of the molecule is CCCNCC(Oc1cc(C(C)C)c(Cl)cc1C)C(C)C. The number of rotatable bonds is 8. The highest BCUT2D eigenvalue weighted by atomic mass is 35.5. The molecule has 3 heteroatoms. The summed E-state index contributed by atoms with van der Waals surface area (Å²) in [5.41, 5.74) is 2.26. The van der Waals surface area contributed by atoms with E-state index in [1.165, 1.54) is 0 Å². The summed E-state index contributed by atoms with van der Waals surface area (Å²) >= 11 is 6.33. The van der Waals surface area contributed by atoms with Crippen molar-refractivity contribution in [1.29, 1.82) is 0 Å². The van der Waals surface area contributed by atoms with Crippen LogP contribution in [0, 0.1) is 12.8 Å². The van der Waals surface area contributed by atoms with Gasteiger partial charge in [0.15, 0.2) is 0 Å². The first kappa shape index (κ1) is 18.3. The molecule has 1 N–H and O–H groups in total. The third kappa shape index (κ3) is 5.52. The molecular formula is C18H30ClNO.